The highest BCUT2D eigenvalue weighted by molar-refractivity contribution is 7.71. The van der Waals surface area contributed by atoms with Gasteiger partial charge in [0.15, 0.2) is 4.77 Å². The Morgan fingerprint density at radius 1 is 1.00 bits per heavy atom. The minimum Gasteiger partial charge on any atom is -0.349 e. The number of para-hydroxylation sites is 1. The number of hydrogen-bond acceptors (Lipinski definition) is 3. The van der Waals surface area contributed by atoms with Crippen molar-refractivity contribution in [3.05, 3.63) is 69.2 Å². The molecule has 0 spiro atoms. The van der Waals surface area contributed by atoms with Gasteiger partial charge in [0.25, 0.3) is 11.5 Å². The second kappa shape index (κ2) is 8.74. The Kier molecular flexibility index (Phi) is 5.90. The van der Waals surface area contributed by atoms with Crippen LogP contribution in [0.25, 0.3) is 16.6 Å². The van der Waals surface area contributed by atoms with Gasteiger partial charge in [-0.1, -0.05) is 50.3 Å². The highest BCUT2D eigenvalue weighted by Gasteiger charge is 2.16. The molecule has 4 rings (SSSR count). The number of aromatic nitrogens is 2. The number of benzene rings is 2. The Balaban J connectivity index is 1.63. The van der Waals surface area contributed by atoms with Crippen LogP contribution in [0.4, 0.5) is 0 Å². The molecular weight excluding hydrogens is 382 g/mol. The Morgan fingerprint density at radius 2 is 1.69 bits per heavy atom. The van der Waals surface area contributed by atoms with Gasteiger partial charge >= 0.3 is 0 Å². The molecule has 1 fully saturated rings. The van der Waals surface area contributed by atoms with E-state index in [0.717, 1.165) is 25.7 Å². The number of rotatable bonds is 3. The molecule has 0 aliphatic heterocycles. The fourth-order valence-electron chi connectivity index (χ4n) is 4.04. The van der Waals surface area contributed by atoms with Crippen LogP contribution in [0, 0.1) is 4.77 Å². The van der Waals surface area contributed by atoms with Crippen molar-refractivity contribution in [2.24, 2.45) is 0 Å². The van der Waals surface area contributed by atoms with E-state index < -0.39 is 0 Å². The summed E-state index contributed by atoms with van der Waals surface area (Å²) in [6.45, 7) is 0. The first-order valence-corrected chi connectivity index (χ1v) is 10.7. The molecule has 5 nitrogen and oxygen atoms in total. The van der Waals surface area contributed by atoms with Crippen molar-refractivity contribution in [2.75, 3.05) is 0 Å². The summed E-state index contributed by atoms with van der Waals surface area (Å²) >= 11 is 5.42. The number of carbonyl (C=O) groups excluding carboxylic acids is 1. The summed E-state index contributed by atoms with van der Waals surface area (Å²) in [5, 5.41) is 3.68. The van der Waals surface area contributed by atoms with Crippen LogP contribution in [0.3, 0.4) is 0 Å². The predicted octanol–water partition coefficient (Wildman–Crippen LogP) is 4.89. The van der Waals surface area contributed by atoms with Crippen molar-refractivity contribution in [3.8, 4) is 5.69 Å². The van der Waals surface area contributed by atoms with Crippen LogP contribution < -0.4 is 10.9 Å². The summed E-state index contributed by atoms with van der Waals surface area (Å²) in [5.41, 5.74) is 1.65. The first-order valence-electron chi connectivity index (χ1n) is 10.3. The molecule has 2 aromatic carbocycles. The van der Waals surface area contributed by atoms with Crippen molar-refractivity contribution in [1.82, 2.24) is 14.9 Å². The van der Waals surface area contributed by atoms with E-state index >= 15 is 0 Å². The summed E-state index contributed by atoms with van der Waals surface area (Å²) in [5.74, 6) is -0.0935. The third kappa shape index (κ3) is 4.32. The smallest absolute Gasteiger partial charge is 0.266 e. The Morgan fingerprint density at radius 3 is 2.41 bits per heavy atom. The summed E-state index contributed by atoms with van der Waals surface area (Å²) in [6.07, 6.45) is 8.17. The molecule has 0 saturated heterocycles. The lowest BCUT2D eigenvalue weighted by atomic mass is 9.96. The van der Waals surface area contributed by atoms with E-state index in [-0.39, 0.29) is 17.5 Å². The topological polar surface area (TPSA) is 66.9 Å². The predicted molar refractivity (Wildman–Crippen MR) is 118 cm³/mol. The average Bonchev–Trinajstić information content (AvgIpc) is 2.70. The number of fused-ring (bicyclic) bond motifs is 1. The molecule has 2 N–H and O–H groups in total. The van der Waals surface area contributed by atoms with Crippen molar-refractivity contribution < 1.29 is 4.79 Å². The molecule has 6 heteroatoms. The molecule has 29 heavy (non-hydrogen) atoms. The second-order valence-electron chi connectivity index (χ2n) is 7.68. The lowest BCUT2D eigenvalue weighted by Crippen LogP contribution is -2.35. The molecule has 1 aliphatic rings. The largest absolute Gasteiger partial charge is 0.349 e. The third-order valence-electron chi connectivity index (χ3n) is 5.61. The van der Waals surface area contributed by atoms with E-state index in [0.29, 0.717) is 26.9 Å². The first kappa shape index (κ1) is 19.6. The monoisotopic (exact) mass is 407 g/mol. The highest BCUT2D eigenvalue weighted by atomic mass is 32.1. The van der Waals surface area contributed by atoms with Gasteiger partial charge in [-0.05, 0) is 55.4 Å². The van der Waals surface area contributed by atoms with Crippen LogP contribution in [-0.2, 0) is 0 Å². The van der Waals surface area contributed by atoms with Gasteiger partial charge in [0.1, 0.15) is 0 Å². The fourth-order valence-corrected chi connectivity index (χ4v) is 4.34. The maximum Gasteiger partial charge on any atom is 0.266 e. The van der Waals surface area contributed by atoms with Gasteiger partial charge in [0, 0.05) is 11.6 Å². The minimum absolute atomic E-state index is 0.0935. The van der Waals surface area contributed by atoms with Gasteiger partial charge in [-0.3, -0.25) is 14.2 Å². The van der Waals surface area contributed by atoms with Crippen LogP contribution in [0.15, 0.2) is 53.3 Å². The summed E-state index contributed by atoms with van der Waals surface area (Å²) < 4.78 is 1.79. The number of amides is 1. The molecular formula is C23H25N3O2S. The molecule has 0 unspecified atom stereocenters. The maximum absolute atomic E-state index is 13.0. The number of carbonyl (C=O) groups is 1. The van der Waals surface area contributed by atoms with Gasteiger partial charge in [-0.2, -0.15) is 0 Å². The summed E-state index contributed by atoms with van der Waals surface area (Å²) in [4.78, 5) is 28.9. The van der Waals surface area contributed by atoms with E-state index in [2.05, 4.69) is 10.3 Å². The molecule has 1 aromatic heterocycles. The zero-order chi connectivity index (χ0) is 20.2. The number of nitrogens with zero attached hydrogens (tertiary/aromatic N) is 1. The van der Waals surface area contributed by atoms with Crippen LogP contribution in [0.2, 0.25) is 0 Å². The SMILES string of the molecule is O=C(NC1CCCCCCC1)c1ccc2c(=O)n(-c3ccccc3)c(=S)[nH]c2c1. The van der Waals surface area contributed by atoms with E-state index in [4.69, 9.17) is 12.2 Å². The summed E-state index contributed by atoms with van der Waals surface area (Å²) in [7, 11) is 0. The van der Waals surface area contributed by atoms with Gasteiger partial charge in [-0.15, -0.1) is 0 Å². The van der Waals surface area contributed by atoms with Crippen molar-refractivity contribution in [3.63, 3.8) is 0 Å². The second-order valence-corrected chi connectivity index (χ2v) is 8.07. The third-order valence-corrected chi connectivity index (χ3v) is 5.90. The Labute approximate surface area is 174 Å². The normalized spacial score (nSPS) is 15.6. The molecule has 0 bridgehead atoms. The average molecular weight is 408 g/mol. The zero-order valence-corrected chi connectivity index (χ0v) is 17.1. The quantitative estimate of drug-likeness (QED) is 0.608. The van der Waals surface area contributed by atoms with Crippen LogP contribution in [0.1, 0.15) is 55.3 Å². The van der Waals surface area contributed by atoms with E-state index in [1.165, 1.54) is 23.8 Å². The zero-order valence-electron chi connectivity index (χ0n) is 16.3. The molecule has 0 atom stereocenters. The van der Waals surface area contributed by atoms with Crippen molar-refractivity contribution in [1.29, 1.82) is 0 Å². The van der Waals surface area contributed by atoms with Crippen LogP contribution in [0.5, 0.6) is 0 Å². The van der Waals surface area contributed by atoms with Gasteiger partial charge in [-0.25, -0.2) is 0 Å². The molecule has 1 aliphatic carbocycles. The lowest BCUT2D eigenvalue weighted by molar-refractivity contribution is 0.0930. The molecule has 1 amide bonds. The van der Waals surface area contributed by atoms with E-state index in [9.17, 15) is 9.59 Å². The Bertz CT molecular complexity index is 1130. The standard InChI is InChI=1S/C23H25N3O2S/c27-21(24-17-9-5-2-1-3-6-10-17)16-13-14-19-20(15-16)25-23(29)26(22(19)28)18-11-7-4-8-12-18/h4,7-8,11-15,17H,1-3,5-6,9-10H2,(H,24,27)(H,25,29). The van der Waals surface area contributed by atoms with Crippen LogP contribution in [-0.4, -0.2) is 21.5 Å². The Hall–Kier alpha value is -2.73. The number of hydrogen-bond donors (Lipinski definition) is 2. The maximum atomic E-state index is 13.0. The number of nitrogens with one attached hydrogen (secondary N) is 2. The first-order chi connectivity index (χ1) is 14.1. The van der Waals surface area contributed by atoms with Crippen LogP contribution >= 0.6 is 12.2 Å². The minimum atomic E-state index is -0.193. The number of aromatic amines is 1. The van der Waals surface area contributed by atoms with E-state index in [1.807, 2.05) is 30.3 Å². The molecule has 0 radical (unpaired) electrons. The van der Waals surface area contributed by atoms with Gasteiger partial charge in [0.2, 0.25) is 0 Å². The van der Waals surface area contributed by atoms with Crippen molar-refractivity contribution in [2.45, 2.75) is 51.0 Å². The molecule has 150 valence electrons. The molecule has 3 aromatic rings. The fraction of sp³-hybridized carbons (Fsp3) is 0.348. The highest BCUT2D eigenvalue weighted by Crippen LogP contribution is 2.18. The number of H-pyrrole nitrogens is 1. The summed E-state index contributed by atoms with van der Waals surface area (Å²) in [6, 6.07) is 14.7. The van der Waals surface area contributed by atoms with Gasteiger partial charge < -0.3 is 10.3 Å². The van der Waals surface area contributed by atoms with Crippen molar-refractivity contribution >= 4 is 29.0 Å². The lowest BCUT2D eigenvalue weighted by Gasteiger charge is -2.21. The molecule has 1 heterocycles. The molecule has 1 saturated carbocycles. The van der Waals surface area contributed by atoms with Gasteiger partial charge in [0.05, 0.1) is 16.6 Å². The van der Waals surface area contributed by atoms with E-state index in [1.54, 1.807) is 18.2 Å².